The van der Waals surface area contributed by atoms with Crippen molar-refractivity contribution >= 4 is 17.4 Å². The second kappa shape index (κ2) is 7.09. The smallest absolute Gasteiger partial charge is 0.229 e. The van der Waals surface area contributed by atoms with E-state index in [-0.39, 0.29) is 0 Å². The molecule has 0 saturated carbocycles. The Balaban J connectivity index is 2.02. The van der Waals surface area contributed by atoms with Gasteiger partial charge in [-0.3, -0.25) is 0 Å². The summed E-state index contributed by atoms with van der Waals surface area (Å²) in [4.78, 5) is 3.83. The molecule has 1 aromatic carbocycles. The van der Waals surface area contributed by atoms with Gasteiger partial charge in [-0.2, -0.15) is 0 Å². The molecule has 6 nitrogen and oxygen atoms in total. The first-order valence-electron chi connectivity index (χ1n) is 6.52. The van der Waals surface area contributed by atoms with Gasteiger partial charge in [-0.25, -0.2) is 4.99 Å². The van der Waals surface area contributed by atoms with E-state index in [4.69, 9.17) is 9.47 Å². The molecule has 21 heavy (non-hydrogen) atoms. The van der Waals surface area contributed by atoms with Crippen molar-refractivity contribution in [3.8, 4) is 5.75 Å². The van der Waals surface area contributed by atoms with E-state index in [1.165, 1.54) is 0 Å². The first kappa shape index (κ1) is 16.0. The Hall–Kier alpha value is -1.34. The number of isothiocyanates is 1. The molecule has 1 fully saturated rings. The normalized spacial score (nSPS) is 32.3. The summed E-state index contributed by atoms with van der Waals surface area (Å²) in [6, 6.07) is 7.00. The van der Waals surface area contributed by atoms with Crippen molar-refractivity contribution in [1.29, 1.82) is 0 Å². The van der Waals surface area contributed by atoms with Crippen LogP contribution >= 0.6 is 12.2 Å². The quantitative estimate of drug-likeness (QED) is 0.554. The lowest BCUT2D eigenvalue weighted by Crippen LogP contribution is -2.58. The van der Waals surface area contributed by atoms with Crippen LogP contribution in [0.1, 0.15) is 12.5 Å². The zero-order valence-corrected chi connectivity index (χ0v) is 12.2. The molecule has 3 N–H and O–H groups in total. The molecule has 114 valence electrons. The fourth-order valence-corrected chi connectivity index (χ4v) is 2.11. The van der Waals surface area contributed by atoms with Crippen LogP contribution in [0.25, 0.3) is 0 Å². The van der Waals surface area contributed by atoms with Crippen molar-refractivity contribution in [2.45, 2.75) is 44.2 Å². The fourth-order valence-electron chi connectivity index (χ4n) is 2.04. The molecule has 2 rings (SSSR count). The Morgan fingerprint density at radius 3 is 2.48 bits per heavy atom. The van der Waals surface area contributed by atoms with Crippen LogP contribution in [0.4, 0.5) is 0 Å². The Morgan fingerprint density at radius 2 is 1.86 bits per heavy atom. The molecule has 1 aliphatic heterocycles. The number of hydrogen-bond donors (Lipinski definition) is 3. The van der Waals surface area contributed by atoms with Gasteiger partial charge in [0.15, 0.2) is 0 Å². The van der Waals surface area contributed by atoms with Crippen LogP contribution < -0.4 is 4.74 Å². The minimum atomic E-state index is -1.32. The lowest BCUT2D eigenvalue weighted by molar-refractivity contribution is -0.268. The zero-order valence-electron chi connectivity index (χ0n) is 11.4. The van der Waals surface area contributed by atoms with Crippen molar-refractivity contribution in [1.82, 2.24) is 0 Å². The summed E-state index contributed by atoms with van der Waals surface area (Å²) in [5, 5.41) is 31.5. The molecule has 1 aliphatic rings. The number of thiocarbonyl (C=S) groups is 1. The van der Waals surface area contributed by atoms with Gasteiger partial charge < -0.3 is 24.8 Å². The highest BCUT2D eigenvalue weighted by Gasteiger charge is 2.43. The number of rotatable bonds is 4. The lowest BCUT2D eigenvalue weighted by atomic mass is 10.00. The monoisotopic (exact) mass is 311 g/mol. The first-order chi connectivity index (χ1) is 10.0. The lowest BCUT2D eigenvalue weighted by Gasteiger charge is -2.38. The van der Waals surface area contributed by atoms with Crippen LogP contribution in [-0.4, -0.2) is 51.2 Å². The molecule has 0 aromatic heterocycles. The van der Waals surface area contributed by atoms with Crippen LogP contribution in [0.5, 0.6) is 5.75 Å². The molecule has 0 spiro atoms. The van der Waals surface area contributed by atoms with E-state index in [1.54, 1.807) is 31.2 Å². The average molecular weight is 311 g/mol. The number of nitrogens with zero attached hydrogens (tertiary/aromatic N) is 1. The maximum absolute atomic E-state index is 9.86. The Bertz CT molecular complexity index is 517. The van der Waals surface area contributed by atoms with Crippen LogP contribution in [0.3, 0.4) is 0 Å². The number of aliphatic imine (C=N–C) groups is 1. The van der Waals surface area contributed by atoms with Gasteiger partial charge in [0, 0.05) is 0 Å². The topological polar surface area (TPSA) is 91.5 Å². The highest BCUT2D eigenvalue weighted by molar-refractivity contribution is 7.78. The standard InChI is InChI=1S/C14H17NO5S/c1-8-11(16)12(17)13(18)14(19-8)20-10-4-2-9(3-5-10)6-15-7-21/h2-5,8,11-14,16-18H,6H2,1H3/t8-,11-,12+,13+,14-/m1/s1. The van der Waals surface area contributed by atoms with Crippen LogP contribution in [-0.2, 0) is 11.3 Å². The molecule has 1 saturated heterocycles. The second-order valence-corrected chi connectivity index (χ2v) is 5.03. The van der Waals surface area contributed by atoms with Crippen molar-refractivity contribution < 1.29 is 24.8 Å². The summed E-state index contributed by atoms with van der Waals surface area (Å²) in [5.74, 6) is 0.477. The number of benzene rings is 1. The molecular weight excluding hydrogens is 294 g/mol. The number of hydrogen-bond acceptors (Lipinski definition) is 7. The molecule has 0 bridgehead atoms. The zero-order chi connectivity index (χ0) is 15.4. The third-order valence-electron chi connectivity index (χ3n) is 3.31. The number of aliphatic hydroxyl groups excluding tert-OH is 3. The molecule has 1 aromatic rings. The van der Waals surface area contributed by atoms with Crippen LogP contribution in [0, 0.1) is 0 Å². The summed E-state index contributed by atoms with van der Waals surface area (Å²) in [6.07, 6.45) is -5.45. The third-order valence-corrected chi connectivity index (χ3v) is 3.44. The van der Waals surface area contributed by atoms with Gasteiger partial charge in [-0.15, -0.1) is 0 Å². The molecule has 1 heterocycles. The third kappa shape index (κ3) is 3.85. The predicted octanol–water partition coefficient (Wildman–Crippen LogP) is 0.496. The minimum Gasteiger partial charge on any atom is -0.462 e. The highest BCUT2D eigenvalue weighted by atomic mass is 32.1. The highest BCUT2D eigenvalue weighted by Crippen LogP contribution is 2.24. The molecular formula is C14H17NO5S. The van der Waals surface area contributed by atoms with E-state index in [1.807, 2.05) is 0 Å². The summed E-state index contributed by atoms with van der Waals surface area (Å²) in [6.45, 7) is 2.04. The van der Waals surface area contributed by atoms with Crippen LogP contribution in [0.2, 0.25) is 0 Å². The average Bonchev–Trinajstić information content (AvgIpc) is 2.50. The van der Waals surface area contributed by atoms with Gasteiger partial charge in [0.2, 0.25) is 6.29 Å². The van der Waals surface area contributed by atoms with Crippen LogP contribution in [0.15, 0.2) is 29.3 Å². The van der Waals surface area contributed by atoms with Gasteiger partial charge in [-0.1, -0.05) is 12.1 Å². The van der Waals surface area contributed by atoms with E-state index >= 15 is 0 Å². The molecule has 0 amide bonds. The maximum Gasteiger partial charge on any atom is 0.229 e. The first-order valence-corrected chi connectivity index (χ1v) is 6.92. The molecule has 7 heteroatoms. The predicted molar refractivity (Wildman–Crippen MR) is 78.2 cm³/mol. The van der Waals surface area contributed by atoms with Gasteiger partial charge in [0.25, 0.3) is 0 Å². The van der Waals surface area contributed by atoms with Gasteiger partial charge in [0.05, 0.1) is 17.8 Å². The van der Waals surface area contributed by atoms with E-state index in [0.29, 0.717) is 12.3 Å². The van der Waals surface area contributed by atoms with Crippen molar-refractivity contribution in [3.63, 3.8) is 0 Å². The molecule has 5 atom stereocenters. The Labute approximate surface area is 127 Å². The van der Waals surface area contributed by atoms with E-state index < -0.39 is 30.7 Å². The van der Waals surface area contributed by atoms with Gasteiger partial charge in [0.1, 0.15) is 24.1 Å². The van der Waals surface area contributed by atoms with E-state index in [2.05, 4.69) is 22.4 Å². The largest absolute Gasteiger partial charge is 0.462 e. The molecule has 0 radical (unpaired) electrons. The Kier molecular flexibility index (Phi) is 5.41. The minimum absolute atomic E-state index is 0.439. The summed E-state index contributed by atoms with van der Waals surface area (Å²) in [5.41, 5.74) is 0.939. The van der Waals surface area contributed by atoms with Gasteiger partial charge in [-0.05, 0) is 36.8 Å². The van der Waals surface area contributed by atoms with Crippen molar-refractivity contribution in [2.75, 3.05) is 0 Å². The van der Waals surface area contributed by atoms with Gasteiger partial charge >= 0.3 is 0 Å². The second-order valence-electron chi connectivity index (χ2n) is 4.85. The summed E-state index contributed by atoms with van der Waals surface area (Å²) in [7, 11) is 0. The number of aliphatic hydroxyl groups is 3. The van der Waals surface area contributed by atoms with Crippen molar-refractivity contribution in [3.05, 3.63) is 29.8 Å². The fraction of sp³-hybridized carbons (Fsp3) is 0.500. The van der Waals surface area contributed by atoms with E-state index in [9.17, 15) is 15.3 Å². The maximum atomic E-state index is 9.86. The SMILES string of the molecule is C[C@H]1O[C@H](Oc2ccc(CN=C=S)cc2)[C@@H](O)[C@@H](O)[C@@H]1O. The van der Waals surface area contributed by atoms with E-state index in [0.717, 1.165) is 5.56 Å². The van der Waals surface area contributed by atoms with Crippen molar-refractivity contribution in [2.24, 2.45) is 4.99 Å². The molecule has 0 unspecified atom stereocenters. The summed E-state index contributed by atoms with van der Waals surface area (Å²) < 4.78 is 10.9. The summed E-state index contributed by atoms with van der Waals surface area (Å²) >= 11 is 4.50. The molecule has 0 aliphatic carbocycles. The number of ether oxygens (including phenoxy) is 2. The Morgan fingerprint density at radius 1 is 1.19 bits per heavy atom.